The van der Waals surface area contributed by atoms with Gasteiger partial charge in [0.15, 0.2) is 0 Å². The van der Waals surface area contributed by atoms with Crippen LogP contribution in [0.5, 0.6) is 0 Å². The topological polar surface area (TPSA) is 79.0 Å². The Kier molecular flexibility index (Phi) is 3.99. The molecule has 0 saturated heterocycles. The molecule has 1 aromatic carbocycles. The van der Waals surface area contributed by atoms with E-state index in [1.807, 2.05) is 13.0 Å². The Morgan fingerprint density at radius 2 is 2.00 bits per heavy atom. The van der Waals surface area contributed by atoms with Gasteiger partial charge in [-0.05, 0) is 42.8 Å². The summed E-state index contributed by atoms with van der Waals surface area (Å²) in [6.07, 6.45) is 2.76. The number of oxime groups is 1. The standard InChI is InChI=1S/C16H13ClN4O2/c1-10-2-7-14-20-15(19-12-5-3-11(17)4-6-12)13(8-18-23)16(22)21(14)9-10/h2-9,19,23H,1H3. The summed E-state index contributed by atoms with van der Waals surface area (Å²) in [5, 5.41) is 15.5. The van der Waals surface area contributed by atoms with Crippen LogP contribution >= 0.6 is 11.6 Å². The molecule has 0 radical (unpaired) electrons. The Balaban J connectivity index is 2.18. The highest BCUT2D eigenvalue weighted by Gasteiger charge is 2.12. The van der Waals surface area contributed by atoms with Crippen molar-refractivity contribution in [1.82, 2.24) is 9.38 Å². The minimum absolute atomic E-state index is 0.158. The molecule has 0 bridgehead atoms. The third kappa shape index (κ3) is 3.02. The number of aryl methyl sites for hydroxylation is 1. The lowest BCUT2D eigenvalue weighted by atomic mass is 10.2. The normalized spacial score (nSPS) is 11.2. The average molecular weight is 329 g/mol. The summed E-state index contributed by atoms with van der Waals surface area (Å²) in [4.78, 5) is 17.0. The largest absolute Gasteiger partial charge is 0.411 e. The Labute approximate surface area is 136 Å². The molecule has 7 heteroatoms. The summed E-state index contributed by atoms with van der Waals surface area (Å²) in [6.45, 7) is 1.88. The second-order valence-electron chi connectivity index (χ2n) is 4.99. The van der Waals surface area contributed by atoms with E-state index in [2.05, 4.69) is 15.5 Å². The van der Waals surface area contributed by atoms with Crippen molar-refractivity contribution < 1.29 is 5.21 Å². The van der Waals surface area contributed by atoms with Crippen LogP contribution in [0, 0.1) is 6.92 Å². The van der Waals surface area contributed by atoms with Gasteiger partial charge in [0, 0.05) is 16.9 Å². The Morgan fingerprint density at radius 3 is 2.70 bits per heavy atom. The molecule has 0 spiro atoms. The van der Waals surface area contributed by atoms with Gasteiger partial charge in [-0.3, -0.25) is 9.20 Å². The third-order valence-corrected chi connectivity index (χ3v) is 3.55. The number of rotatable bonds is 3. The molecule has 0 aliphatic carbocycles. The smallest absolute Gasteiger partial charge is 0.269 e. The summed E-state index contributed by atoms with van der Waals surface area (Å²) in [6, 6.07) is 10.6. The fourth-order valence-electron chi connectivity index (χ4n) is 2.20. The molecule has 6 nitrogen and oxygen atoms in total. The van der Waals surface area contributed by atoms with Crippen LogP contribution in [0.25, 0.3) is 5.65 Å². The van der Waals surface area contributed by atoms with Gasteiger partial charge in [0.1, 0.15) is 17.0 Å². The minimum Gasteiger partial charge on any atom is -0.411 e. The SMILES string of the molecule is Cc1ccc2nc(Nc3ccc(Cl)cc3)c(C=NO)c(=O)n2c1. The first-order valence-corrected chi connectivity index (χ1v) is 7.19. The zero-order chi connectivity index (χ0) is 16.4. The molecule has 0 fully saturated rings. The number of anilines is 2. The molecule has 0 amide bonds. The van der Waals surface area contributed by atoms with Crippen molar-refractivity contribution in [3.05, 3.63) is 69.1 Å². The lowest BCUT2D eigenvalue weighted by Crippen LogP contribution is -2.22. The molecule has 2 N–H and O–H groups in total. The van der Waals surface area contributed by atoms with Crippen molar-refractivity contribution in [3.8, 4) is 0 Å². The lowest BCUT2D eigenvalue weighted by molar-refractivity contribution is 0.322. The predicted molar refractivity (Wildman–Crippen MR) is 90.3 cm³/mol. The Bertz CT molecular complexity index is 949. The van der Waals surface area contributed by atoms with Crippen molar-refractivity contribution in [3.63, 3.8) is 0 Å². The number of halogens is 1. The van der Waals surface area contributed by atoms with E-state index in [0.717, 1.165) is 11.8 Å². The number of aromatic nitrogens is 2. The van der Waals surface area contributed by atoms with Crippen LogP contribution in [-0.2, 0) is 0 Å². The first-order valence-electron chi connectivity index (χ1n) is 6.81. The number of nitrogens with one attached hydrogen (secondary N) is 1. The van der Waals surface area contributed by atoms with E-state index in [-0.39, 0.29) is 11.1 Å². The van der Waals surface area contributed by atoms with Crippen LogP contribution in [0.2, 0.25) is 5.02 Å². The Morgan fingerprint density at radius 1 is 1.26 bits per heavy atom. The van der Waals surface area contributed by atoms with Crippen LogP contribution in [0.4, 0.5) is 11.5 Å². The summed E-state index contributed by atoms with van der Waals surface area (Å²) >= 11 is 5.86. The van der Waals surface area contributed by atoms with Gasteiger partial charge in [0.05, 0.1) is 6.21 Å². The van der Waals surface area contributed by atoms with Crippen LogP contribution in [0.15, 0.2) is 52.5 Å². The quantitative estimate of drug-likeness (QED) is 0.439. The molecular weight excluding hydrogens is 316 g/mol. The molecule has 2 aromatic heterocycles. The van der Waals surface area contributed by atoms with E-state index >= 15 is 0 Å². The molecule has 2 heterocycles. The highest BCUT2D eigenvalue weighted by molar-refractivity contribution is 6.30. The maximum Gasteiger partial charge on any atom is 0.269 e. The molecule has 23 heavy (non-hydrogen) atoms. The number of hydrogen-bond donors (Lipinski definition) is 2. The van der Waals surface area contributed by atoms with Gasteiger partial charge < -0.3 is 10.5 Å². The van der Waals surface area contributed by atoms with Crippen LogP contribution < -0.4 is 10.9 Å². The molecule has 0 aliphatic heterocycles. The van der Waals surface area contributed by atoms with E-state index < -0.39 is 0 Å². The monoisotopic (exact) mass is 328 g/mol. The molecule has 116 valence electrons. The summed E-state index contributed by atoms with van der Waals surface area (Å²) in [7, 11) is 0. The molecule has 3 aromatic rings. The zero-order valence-electron chi connectivity index (χ0n) is 12.2. The van der Waals surface area contributed by atoms with Gasteiger partial charge in [0.25, 0.3) is 5.56 Å². The zero-order valence-corrected chi connectivity index (χ0v) is 12.9. The third-order valence-electron chi connectivity index (χ3n) is 3.30. The molecule has 0 aliphatic rings. The van der Waals surface area contributed by atoms with Crippen LogP contribution in [0.3, 0.4) is 0 Å². The second-order valence-corrected chi connectivity index (χ2v) is 5.43. The number of hydrogen-bond acceptors (Lipinski definition) is 5. The molecule has 0 atom stereocenters. The van der Waals surface area contributed by atoms with Gasteiger partial charge >= 0.3 is 0 Å². The van der Waals surface area contributed by atoms with Crippen molar-refractivity contribution >= 4 is 35.0 Å². The summed E-state index contributed by atoms with van der Waals surface area (Å²) < 4.78 is 1.42. The fraction of sp³-hybridized carbons (Fsp3) is 0.0625. The van der Waals surface area contributed by atoms with Crippen molar-refractivity contribution in [2.24, 2.45) is 5.16 Å². The second kappa shape index (κ2) is 6.10. The van der Waals surface area contributed by atoms with Gasteiger partial charge in [-0.1, -0.05) is 22.8 Å². The maximum absolute atomic E-state index is 12.6. The minimum atomic E-state index is -0.326. The van der Waals surface area contributed by atoms with Crippen LogP contribution in [-0.4, -0.2) is 20.8 Å². The lowest BCUT2D eigenvalue weighted by Gasteiger charge is -2.10. The highest BCUT2D eigenvalue weighted by atomic mass is 35.5. The molecule has 0 saturated carbocycles. The number of benzene rings is 1. The fourth-order valence-corrected chi connectivity index (χ4v) is 2.32. The summed E-state index contributed by atoms with van der Waals surface area (Å²) in [5.41, 5.74) is 1.96. The van der Waals surface area contributed by atoms with E-state index in [4.69, 9.17) is 16.8 Å². The van der Waals surface area contributed by atoms with Crippen molar-refractivity contribution in [2.45, 2.75) is 6.92 Å². The van der Waals surface area contributed by atoms with Gasteiger partial charge in [-0.2, -0.15) is 0 Å². The van der Waals surface area contributed by atoms with E-state index in [1.165, 1.54) is 4.40 Å². The first-order chi connectivity index (χ1) is 11.1. The number of fused-ring (bicyclic) bond motifs is 1. The highest BCUT2D eigenvalue weighted by Crippen LogP contribution is 2.19. The van der Waals surface area contributed by atoms with Crippen molar-refractivity contribution in [1.29, 1.82) is 0 Å². The maximum atomic E-state index is 12.6. The number of pyridine rings is 1. The predicted octanol–water partition coefficient (Wildman–Crippen LogP) is 3.21. The molecular formula is C16H13ClN4O2. The first kappa shape index (κ1) is 15.1. The molecule has 0 unspecified atom stereocenters. The van der Waals surface area contributed by atoms with Gasteiger partial charge in [-0.15, -0.1) is 0 Å². The Hall–Kier alpha value is -2.86. The van der Waals surface area contributed by atoms with E-state index in [1.54, 1.807) is 36.5 Å². The summed E-state index contributed by atoms with van der Waals surface area (Å²) in [5.74, 6) is 0.305. The number of nitrogens with zero attached hydrogens (tertiary/aromatic N) is 3. The van der Waals surface area contributed by atoms with Gasteiger partial charge in [0.2, 0.25) is 0 Å². The van der Waals surface area contributed by atoms with Crippen molar-refractivity contribution in [2.75, 3.05) is 5.32 Å². The van der Waals surface area contributed by atoms with E-state index in [9.17, 15) is 4.79 Å². The van der Waals surface area contributed by atoms with Crippen LogP contribution in [0.1, 0.15) is 11.1 Å². The van der Waals surface area contributed by atoms with Gasteiger partial charge in [-0.25, -0.2) is 4.98 Å². The average Bonchev–Trinajstić information content (AvgIpc) is 2.54. The molecule has 3 rings (SSSR count). The van der Waals surface area contributed by atoms with E-state index in [0.29, 0.717) is 22.2 Å².